The van der Waals surface area contributed by atoms with E-state index in [0.29, 0.717) is 29.6 Å². The number of nitrogens with one attached hydrogen (secondary N) is 2. The maximum Gasteiger partial charge on any atom is 0.274 e. The first-order valence-corrected chi connectivity index (χ1v) is 8.61. The third-order valence-corrected chi connectivity index (χ3v) is 3.95. The summed E-state index contributed by atoms with van der Waals surface area (Å²) in [4.78, 5) is 25.1. The van der Waals surface area contributed by atoms with Crippen LogP contribution >= 0.6 is 12.4 Å². The molecule has 2 N–H and O–H groups in total. The molecule has 0 fully saturated rings. The van der Waals surface area contributed by atoms with Crippen LogP contribution in [0.15, 0.2) is 29.1 Å². The van der Waals surface area contributed by atoms with E-state index in [2.05, 4.69) is 22.7 Å². The molecule has 1 aromatic heterocycles. The monoisotopic (exact) mass is 366 g/mol. The summed E-state index contributed by atoms with van der Waals surface area (Å²) < 4.78 is 1.43. The van der Waals surface area contributed by atoms with Crippen molar-refractivity contribution in [3.8, 4) is 0 Å². The number of rotatable bonds is 9. The summed E-state index contributed by atoms with van der Waals surface area (Å²) in [5.74, 6) is -0.230. The van der Waals surface area contributed by atoms with Crippen molar-refractivity contribution >= 4 is 29.1 Å². The topological polar surface area (TPSA) is 76.0 Å². The fourth-order valence-corrected chi connectivity index (χ4v) is 2.62. The predicted molar refractivity (Wildman–Crippen MR) is 104 cm³/mol. The summed E-state index contributed by atoms with van der Waals surface area (Å²) >= 11 is 0. The number of halogens is 1. The van der Waals surface area contributed by atoms with Gasteiger partial charge in [0.25, 0.3) is 11.5 Å². The molecule has 2 aromatic rings. The van der Waals surface area contributed by atoms with Crippen molar-refractivity contribution in [3.05, 3.63) is 40.3 Å². The number of carbonyl (C=O) groups excluding carboxylic acids is 1. The molecule has 2 rings (SSSR count). The van der Waals surface area contributed by atoms with Gasteiger partial charge < -0.3 is 10.6 Å². The molecule has 138 valence electrons. The van der Waals surface area contributed by atoms with Crippen LogP contribution in [0.2, 0.25) is 0 Å². The Morgan fingerprint density at radius 3 is 2.52 bits per heavy atom. The summed E-state index contributed by atoms with van der Waals surface area (Å²) in [5.41, 5.74) is 0.194. The average Bonchev–Trinajstić information content (AvgIpc) is 2.61. The number of aromatic nitrogens is 2. The Morgan fingerprint density at radius 1 is 1.12 bits per heavy atom. The van der Waals surface area contributed by atoms with Gasteiger partial charge >= 0.3 is 0 Å². The average molecular weight is 367 g/mol. The SMILES string of the molecule is CCCCCn1nc(C(=O)NCCCNC)c2ccccc2c1=O.Cl. The maximum absolute atomic E-state index is 12.6. The van der Waals surface area contributed by atoms with E-state index in [1.807, 2.05) is 19.2 Å². The Labute approximate surface area is 154 Å². The molecular weight excluding hydrogens is 340 g/mol. The molecule has 6 nitrogen and oxygen atoms in total. The number of benzene rings is 1. The quantitative estimate of drug-likeness (QED) is 0.668. The van der Waals surface area contributed by atoms with Crippen molar-refractivity contribution < 1.29 is 4.79 Å². The summed E-state index contributed by atoms with van der Waals surface area (Å²) in [7, 11) is 1.88. The van der Waals surface area contributed by atoms with Gasteiger partial charge in [0.15, 0.2) is 5.69 Å². The summed E-state index contributed by atoms with van der Waals surface area (Å²) in [6.45, 7) is 4.06. The fraction of sp³-hybridized carbons (Fsp3) is 0.500. The van der Waals surface area contributed by atoms with Crippen LogP contribution in [-0.4, -0.2) is 35.8 Å². The molecule has 0 spiro atoms. The van der Waals surface area contributed by atoms with E-state index in [1.165, 1.54) is 4.68 Å². The molecule has 0 saturated carbocycles. The van der Waals surface area contributed by atoms with Crippen molar-refractivity contribution in [1.82, 2.24) is 20.4 Å². The van der Waals surface area contributed by atoms with Gasteiger partial charge in [-0.2, -0.15) is 5.10 Å². The first-order chi connectivity index (χ1) is 11.7. The molecule has 1 aromatic carbocycles. The molecule has 7 heteroatoms. The van der Waals surface area contributed by atoms with Crippen LogP contribution in [0.1, 0.15) is 43.1 Å². The Kier molecular flexibility index (Phi) is 9.16. The van der Waals surface area contributed by atoms with Gasteiger partial charge in [0.05, 0.1) is 5.39 Å². The van der Waals surface area contributed by atoms with Crippen molar-refractivity contribution in [2.24, 2.45) is 0 Å². The molecule has 25 heavy (non-hydrogen) atoms. The van der Waals surface area contributed by atoms with E-state index in [9.17, 15) is 9.59 Å². The standard InChI is InChI=1S/C18H26N4O2.ClH/c1-3-4-7-13-22-18(24)15-10-6-5-9-14(15)16(21-22)17(23)20-12-8-11-19-2;/h5-6,9-10,19H,3-4,7-8,11-13H2,1-2H3,(H,20,23);1H. The second-order valence-electron chi connectivity index (χ2n) is 5.84. The number of hydrogen-bond acceptors (Lipinski definition) is 4. The lowest BCUT2D eigenvalue weighted by atomic mass is 10.1. The number of nitrogens with zero attached hydrogens (tertiary/aromatic N) is 2. The molecule has 1 heterocycles. The number of amides is 1. The van der Waals surface area contributed by atoms with Crippen molar-refractivity contribution in [1.29, 1.82) is 0 Å². The number of fused-ring (bicyclic) bond motifs is 1. The molecule has 0 unspecified atom stereocenters. The van der Waals surface area contributed by atoms with Crippen LogP contribution in [0.5, 0.6) is 0 Å². The zero-order valence-corrected chi connectivity index (χ0v) is 15.7. The molecule has 0 aliphatic heterocycles. The Hall–Kier alpha value is -1.92. The van der Waals surface area contributed by atoms with Gasteiger partial charge in [-0.3, -0.25) is 9.59 Å². The third kappa shape index (κ3) is 5.54. The van der Waals surface area contributed by atoms with E-state index in [4.69, 9.17) is 0 Å². The minimum Gasteiger partial charge on any atom is -0.351 e. The second kappa shape index (κ2) is 10.8. The van der Waals surface area contributed by atoms with Crippen LogP contribution < -0.4 is 16.2 Å². The van der Waals surface area contributed by atoms with Gasteiger partial charge in [-0.05, 0) is 32.5 Å². The van der Waals surface area contributed by atoms with Gasteiger partial charge in [0.1, 0.15) is 0 Å². The third-order valence-electron chi connectivity index (χ3n) is 3.95. The molecule has 0 atom stereocenters. The number of aryl methyl sites for hydroxylation is 1. The van der Waals surface area contributed by atoms with Crippen LogP contribution in [-0.2, 0) is 6.54 Å². The molecule has 0 saturated heterocycles. The highest BCUT2D eigenvalue weighted by Crippen LogP contribution is 2.13. The first kappa shape index (κ1) is 21.1. The van der Waals surface area contributed by atoms with Crippen LogP contribution in [0.25, 0.3) is 10.8 Å². The van der Waals surface area contributed by atoms with Crippen LogP contribution in [0, 0.1) is 0 Å². The summed E-state index contributed by atoms with van der Waals surface area (Å²) in [6.07, 6.45) is 3.83. The van der Waals surface area contributed by atoms with Gasteiger partial charge in [-0.15, -0.1) is 12.4 Å². The predicted octanol–water partition coefficient (Wildman–Crippen LogP) is 2.35. The lowest BCUT2D eigenvalue weighted by Gasteiger charge is -2.11. The highest BCUT2D eigenvalue weighted by Gasteiger charge is 2.16. The molecule has 1 amide bonds. The van der Waals surface area contributed by atoms with Gasteiger partial charge in [0, 0.05) is 18.5 Å². The Morgan fingerprint density at radius 2 is 1.84 bits per heavy atom. The zero-order valence-electron chi connectivity index (χ0n) is 14.9. The number of hydrogen-bond donors (Lipinski definition) is 2. The number of unbranched alkanes of at least 4 members (excludes halogenated alkanes) is 2. The van der Waals surface area contributed by atoms with Crippen molar-refractivity contribution in [2.45, 2.75) is 39.2 Å². The summed E-state index contributed by atoms with van der Waals surface area (Å²) in [6, 6.07) is 7.17. The molecular formula is C18H27ClN4O2. The van der Waals surface area contributed by atoms with Crippen LogP contribution in [0.4, 0.5) is 0 Å². The van der Waals surface area contributed by atoms with Crippen molar-refractivity contribution in [3.63, 3.8) is 0 Å². The van der Waals surface area contributed by atoms with E-state index in [0.717, 1.165) is 32.2 Å². The van der Waals surface area contributed by atoms with E-state index in [-0.39, 0.29) is 23.9 Å². The lowest BCUT2D eigenvalue weighted by Crippen LogP contribution is -2.32. The zero-order chi connectivity index (χ0) is 17.4. The largest absolute Gasteiger partial charge is 0.351 e. The molecule has 0 bridgehead atoms. The number of carbonyl (C=O) groups is 1. The van der Waals surface area contributed by atoms with Gasteiger partial charge in [0.2, 0.25) is 0 Å². The van der Waals surface area contributed by atoms with Gasteiger partial charge in [-0.25, -0.2) is 4.68 Å². The minimum absolute atomic E-state index is 0. The first-order valence-electron chi connectivity index (χ1n) is 8.61. The summed E-state index contributed by atoms with van der Waals surface area (Å²) in [5, 5.41) is 11.4. The van der Waals surface area contributed by atoms with E-state index >= 15 is 0 Å². The van der Waals surface area contributed by atoms with E-state index in [1.54, 1.807) is 12.1 Å². The highest BCUT2D eigenvalue weighted by atomic mass is 35.5. The maximum atomic E-state index is 12.6. The Balaban J connectivity index is 0.00000312. The smallest absolute Gasteiger partial charge is 0.274 e. The Bertz CT molecular complexity index is 745. The van der Waals surface area contributed by atoms with Crippen molar-refractivity contribution in [2.75, 3.05) is 20.1 Å². The van der Waals surface area contributed by atoms with Crippen LogP contribution in [0.3, 0.4) is 0 Å². The minimum atomic E-state index is -0.230. The highest BCUT2D eigenvalue weighted by molar-refractivity contribution is 6.04. The fourth-order valence-electron chi connectivity index (χ4n) is 2.62. The lowest BCUT2D eigenvalue weighted by molar-refractivity contribution is 0.0947. The van der Waals surface area contributed by atoms with E-state index < -0.39 is 0 Å². The van der Waals surface area contributed by atoms with Gasteiger partial charge in [-0.1, -0.05) is 38.0 Å². The molecule has 0 aliphatic rings. The molecule has 0 radical (unpaired) electrons. The normalized spacial score (nSPS) is 10.5. The second-order valence-corrected chi connectivity index (χ2v) is 5.84. The molecule has 0 aliphatic carbocycles.